The summed E-state index contributed by atoms with van der Waals surface area (Å²) in [4.78, 5) is 5.19. The van der Waals surface area contributed by atoms with Gasteiger partial charge in [-0.15, -0.1) is 0 Å². The zero-order valence-corrected chi connectivity index (χ0v) is 10.9. The number of rotatable bonds is 4. The van der Waals surface area contributed by atoms with Gasteiger partial charge in [-0.1, -0.05) is 6.92 Å². The molecule has 1 atom stereocenters. The van der Waals surface area contributed by atoms with Crippen molar-refractivity contribution >= 4 is 0 Å². The first-order chi connectivity index (χ1) is 7.79. The number of hydrogen-bond acceptors (Lipinski definition) is 3. The average molecular weight is 225 g/mol. The maximum absolute atomic E-state index is 3.46. The molecule has 0 bridgehead atoms. The first-order valence-electron chi connectivity index (χ1n) is 6.93. The molecule has 16 heavy (non-hydrogen) atoms. The van der Waals surface area contributed by atoms with E-state index in [0.717, 1.165) is 12.0 Å². The normalized spacial score (nSPS) is 29.1. The fraction of sp³-hybridized carbons (Fsp3) is 1.00. The molecule has 0 aromatic rings. The highest BCUT2D eigenvalue weighted by Gasteiger charge is 2.24. The Morgan fingerprint density at radius 2 is 2.00 bits per heavy atom. The molecule has 3 heteroatoms. The van der Waals surface area contributed by atoms with Gasteiger partial charge in [0, 0.05) is 12.6 Å². The molecule has 3 nitrogen and oxygen atoms in total. The van der Waals surface area contributed by atoms with Gasteiger partial charge in [0.1, 0.15) is 0 Å². The van der Waals surface area contributed by atoms with Crippen molar-refractivity contribution in [2.75, 3.05) is 46.3 Å². The average Bonchev–Trinajstić information content (AvgIpc) is 2.82. The van der Waals surface area contributed by atoms with Gasteiger partial charge >= 0.3 is 0 Å². The third kappa shape index (κ3) is 3.19. The van der Waals surface area contributed by atoms with E-state index in [-0.39, 0.29) is 0 Å². The highest BCUT2D eigenvalue weighted by molar-refractivity contribution is 4.81. The lowest BCUT2D eigenvalue weighted by Gasteiger charge is -2.37. The molecule has 1 N–H and O–H groups in total. The summed E-state index contributed by atoms with van der Waals surface area (Å²) in [6.07, 6.45) is 4.10. The molecule has 2 aliphatic rings. The van der Waals surface area contributed by atoms with E-state index in [4.69, 9.17) is 0 Å². The van der Waals surface area contributed by atoms with E-state index in [1.165, 1.54) is 58.5 Å². The Hall–Kier alpha value is -0.120. The van der Waals surface area contributed by atoms with E-state index < -0.39 is 0 Å². The van der Waals surface area contributed by atoms with Crippen LogP contribution in [0.1, 0.15) is 26.2 Å². The lowest BCUT2D eigenvalue weighted by atomic mass is 10.0. The van der Waals surface area contributed by atoms with Crippen LogP contribution in [0.15, 0.2) is 0 Å². The van der Waals surface area contributed by atoms with Crippen molar-refractivity contribution in [2.24, 2.45) is 5.92 Å². The van der Waals surface area contributed by atoms with Crippen molar-refractivity contribution in [2.45, 2.75) is 32.2 Å². The highest BCUT2D eigenvalue weighted by Crippen LogP contribution is 2.18. The standard InChI is InChI=1S/C13H27N3/c1-3-16-8-5-13(6-9-16)15(2)11-12-4-7-14-10-12/h12-14H,3-11H2,1-2H3. The molecule has 0 aromatic heterocycles. The van der Waals surface area contributed by atoms with Gasteiger partial charge in [0.05, 0.1) is 0 Å². The predicted molar refractivity (Wildman–Crippen MR) is 68.7 cm³/mol. The van der Waals surface area contributed by atoms with Gasteiger partial charge in [-0.05, 0) is 65.0 Å². The van der Waals surface area contributed by atoms with Crippen LogP contribution in [0.25, 0.3) is 0 Å². The van der Waals surface area contributed by atoms with Crippen LogP contribution in [0.4, 0.5) is 0 Å². The van der Waals surface area contributed by atoms with E-state index in [1.54, 1.807) is 0 Å². The van der Waals surface area contributed by atoms with Crippen molar-refractivity contribution in [3.63, 3.8) is 0 Å². The summed E-state index contributed by atoms with van der Waals surface area (Å²) in [6, 6.07) is 0.836. The van der Waals surface area contributed by atoms with Gasteiger partial charge < -0.3 is 15.1 Å². The fourth-order valence-electron chi connectivity index (χ4n) is 3.10. The van der Waals surface area contributed by atoms with E-state index in [0.29, 0.717) is 0 Å². The molecule has 2 saturated heterocycles. The number of nitrogens with zero attached hydrogens (tertiary/aromatic N) is 2. The largest absolute Gasteiger partial charge is 0.316 e. The van der Waals surface area contributed by atoms with Crippen LogP contribution in [0.2, 0.25) is 0 Å². The van der Waals surface area contributed by atoms with Crippen LogP contribution in [0.3, 0.4) is 0 Å². The van der Waals surface area contributed by atoms with Crippen LogP contribution < -0.4 is 5.32 Å². The topological polar surface area (TPSA) is 18.5 Å². The Labute approximate surface area is 100 Å². The predicted octanol–water partition coefficient (Wildman–Crippen LogP) is 1.01. The highest BCUT2D eigenvalue weighted by atomic mass is 15.2. The molecule has 2 rings (SSSR count). The molecular formula is C13H27N3. The van der Waals surface area contributed by atoms with Gasteiger partial charge in [-0.25, -0.2) is 0 Å². The quantitative estimate of drug-likeness (QED) is 0.770. The second-order valence-electron chi connectivity index (χ2n) is 5.46. The molecule has 0 aliphatic carbocycles. The first-order valence-corrected chi connectivity index (χ1v) is 6.93. The minimum atomic E-state index is 0.836. The van der Waals surface area contributed by atoms with Crippen LogP contribution in [-0.2, 0) is 0 Å². The van der Waals surface area contributed by atoms with Crippen molar-refractivity contribution in [3.05, 3.63) is 0 Å². The Morgan fingerprint density at radius 3 is 2.56 bits per heavy atom. The van der Waals surface area contributed by atoms with Crippen LogP contribution in [-0.4, -0.2) is 62.2 Å². The molecule has 2 fully saturated rings. The Morgan fingerprint density at radius 1 is 1.25 bits per heavy atom. The van der Waals surface area contributed by atoms with Crippen LogP contribution in [0.5, 0.6) is 0 Å². The lowest BCUT2D eigenvalue weighted by Crippen LogP contribution is -2.44. The van der Waals surface area contributed by atoms with Gasteiger partial charge in [-0.3, -0.25) is 0 Å². The van der Waals surface area contributed by atoms with E-state index in [2.05, 4.69) is 29.1 Å². The van der Waals surface area contributed by atoms with Gasteiger partial charge in [0.2, 0.25) is 0 Å². The molecule has 0 aromatic carbocycles. The van der Waals surface area contributed by atoms with Gasteiger partial charge in [0.25, 0.3) is 0 Å². The molecule has 0 radical (unpaired) electrons. The zero-order chi connectivity index (χ0) is 11.4. The van der Waals surface area contributed by atoms with Gasteiger partial charge in [0.15, 0.2) is 0 Å². The molecule has 1 unspecified atom stereocenters. The summed E-state index contributed by atoms with van der Waals surface area (Å²) >= 11 is 0. The number of hydrogen-bond donors (Lipinski definition) is 1. The Kier molecular flexibility index (Phi) is 4.62. The van der Waals surface area contributed by atoms with Crippen molar-refractivity contribution < 1.29 is 0 Å². The van der Waals surface area contributed by atoms with Crippen molar-refractivity contribution in [1.29, 1.82) is 0 Å². The third-order valence-electron chi connectivity index (χ3n) is 4.34. The van der Waals surface area contributed by atoms with Gasteiger partial charge in [-0.2, -0.15) is 0 Å². The molecule has 0 saturated carbocycles. The minimum Gasteiger partial charge on any atom is -0.316 e. The summed E-state index contributed by atoms with van der Waals surface area (Å²) in [5.41, 5.74) is 0. The maximum Gasteiger partial charge on any atom is 0.0117 e. The second kappa shape index (κ2) is 5.99. The molecule has 0 spiro atoms. The summed E-state index contributed by atoms with van der Waals surface area (Å²) in [7, 11) is 2.32. The number of piperidine rings is 1. The maximum atomic E-state index is 3.46. The van der Waals surface area contributed by atoms with Crippen LogP contribution in [0, 0.1) is 5.92 Å². The molecule has 2 heterocycles. The SMILES string of the molecule is CCN1CCC(N(C)CC2CCNC2)CC1. The third-order valence-corrected chi connectivity index (χ3v) is 4.34. The van der Waals surface area contributed by atoms with Crippen molar-refractivity contribution in [3.8, 4) is 0 Å². The van der Waals surface area contributed by atoms with Crippen LogP contribution >= 0.6 is 0 Å². The fourth-order valence-corrected chi connectivity index (χ4v) is 3.10. The first kappa shape index (κ1) is 12.3. The molecule has 94 valence electrons. The summed E-state index contributed by atoms with van der Waals surface area (Å²) in [5.74, 6) is 0.897. The Bertz CT molecular complexity index is 193. The van der Waals surface area contributed by atoms with E-state index in [1.807, 2.05) is 0 Å². The Balaban J connectivity index is 1.70. The molecule has 2 aliphatic heterocycles. The summed E-state index contributed by atoms with van der Waals surface area (Å²) in [5, 5.41) is 3.46. The summed E-state index contributed by atoms with van der Waals surface area (Å²) < 4.78 is 0. The zero-order valence-electron chi connectivity index (χ0n) is 10.9. The van der Waals surface area contributed by atoms with Crippen molar-refractivity contribution in [1.82, 2.24) is 15.1 Å². The summed E-state index contributed by atoms with van der Waals surface area (Å²) in [6.45, 7) is 9.86. The lowest BCUT2D eigenvalue weighted by molar-refractivity contribution is 0.121. The number of likely N-dealkylation sites (tertiary alicyclic amines) is 1. The second-order valence-corrected chi connectivity index (χ2v) is 5.46. The van der Waals surface area contributed by atoms with E-state index >= 15 is 0 Å². The smallest absolute Gasteiger partial charge is 0.0117 e. The number of nitrogens with one attached hydrogen (secondary N) is 1. The molecular weight excluding hydrogens is 198 g/mol. The monoisotopic (exact) mass is 225 g/mol. The van der Waals surface area contributed by atoms with E-state index in [9.17, 15) is 0 Å². The molecule has 0 amide bonds. The minimum absolute atomic E-state index is 0.836.